The van der Waals surface area contributed by atoms with Crippen molar-refractivity contribution in [2.24, 2.45) is 22.7 Å². The molecule has 0 radical (unpaired) electrons. The van der Waals surface area contributed by atoms with Crippen molar-refractivity contribution in [2.45, 2.75) is 63.0 Å². The number of benzene rings is 1. The largest absolute Gasteiger partial charge is 0.355 e. The van der Waals surface area contributed by atoms with Gasteiger partial charge in [0.25, 0.3) is 0 Å². The van der Waals surface area contributed by atoms with Gasteiger partial charge in [-0.15, -0.1) is 0 Å². The van der Waals surface area contributed by atoms with Gasteiger partial charge in [-0.3, -0.25) is 9.18 Å². The molecule has 5 heteroatoms. The van der Waals surface area contributed by atoms with Gasteiger partial charge in [0.05, 0.1) is 12.1 Å². The Labute approximate surface area is 178 Å². The Morgan fingerprint density at radius 3 is 2.73 bits per heavy atom. The van der Waals surface area contributed by atoms with Crippen LogP contribution in [0, 0.1) is 22.7 Å². The lowest BCUT2D eigenvalue weighted by Gasteiger charge is -2.66. The molecule has 164 valence electrons. The molecule has 1 heterocycles. The molecule has 5 fully saturated rings. The number of alkyl halides is 2. The summed E-state index contributed by atoms with van der Waals surface area (Å²) in [6.45, 7) is 1.30. The third-order valence-corrected chi connectivity index (χ3v) is 8.74. The lowest BCUT2D eigenvalue weighted by molar-refractivity contribution is -0.164. The fraction of sp³-hybridized carbons (Fsp3) is 0.720. The monoisotopic (exact) mass is 416 g/mol. The average Bonchev–Trinajstić information content (AvgIpc) is 2.72. The first-order valence-corrected chi connectivity index (χ1v) is 11.7. The highest BCUT2D eigenvalue weighted by atomic mass is 19.1. The number of piperidine rings is 1. The van der Waals surface area contributed by atoms with Gasteiger partial charge in [-0.25, -0.2) is 4.39 Å². The minimum Gasteiger partial charge on any atom is -0.355 e. The molecule has 1 aliphatic heterocycles. The zero-order chi connectivity index (χ0) is 20.8. The highest BCUT2D eigenvalue weighted by Gasteiger charge is 2.65. The zero-order valence-electron chi connectivity index (χ0n) is 17.8. The van der Waals surface area contributed by atoms with Crippen LogP contribution in [0.3, 0.4) is 0 Å². The molecule has 2 N–H and O–H groups in total. The maximum absolute atomic E-state index is 14.2. The Kier molecular flexibility index (Phi) is 5.16. The van der Waals surface area contributed by atoms with Gasteiger partial charge < -0.3 is 10.6 Å². The predicted molar refractivity (Wildman–Crippen MR) is 114 cm³/mol. The molecule has 0 aromatic heterocycles. The number of rotatable bonds is 6. The van der Waals surface area contributed by atoms with E-state index in [1.165, 1.54) is 5.56 Å². The van der Waals surface area contributed by atoms with Crippen molar-refractivity contribution in [3.63, 3.8) is 0 Å². The smallest absolute Gasteiger partial charge is 0.226 e. The Hall–Kier alpha value is -1.49. The third-order valence-electron chi connectivity index (χ3n) is 8.74. The molecule has 6 rings (SSSR count). The molecule has 30 heavy (non-hydrogen) atoms. The van der Waals surface area contributed by atoms with Crippen LogP contribution in [0.4, 0.5) is 8.78 Å². The summed E-state index contributed by atoms with van der Waals surface area (Å²) in [5.41, 5.74) is 0.795. The summed E-state index contributed by atoms with van der Waals surface area (Å²) in [5.74, 6) is 0.472. The van der Waals surface area contributed by atoms with Crippen molar-refractivity contribution in [1.82, 2.24) is 10.6 Å². The highest BCUT2D eigenvalue weighted by molar-refractivity contribution is 5.83. The lowest BCUT2D eigenvalue weighted by Crippen LogP contribution is -2.63. The molecule has 1 aromatic rings. The van der Waals surface area contributed by atoms with Gasteiger partial charge in [0.1, 0.15) is 6.17 Å². The quantitative estimate of drug-likeness (QED) is 0.725. The number of hydrogen-bond donors (Lipinski definition) is 2. The van der Waals surface area contributed by atoms with E-state index in [2.05, 4.69) is 34.9 Å². The molecular formula is C25H34F2N2O. The zero-order valence-corrected chi connectivity index (χ0v) is 17.8. The van der Waals surface area contributed by atoms with Crippen LogP contribution in [0.5, 0.6) is 0 Å². The fourth-order valence-electron chi connectivity index (χ4n) is 8.00. The summed E-state index contributed by atoms with van der Waals surface area (Å²) < 4.78 is 27.9. The topological polar surface area (TPSA) is 41.1 Å². The molecule has 1 saturated heterocycles. The molecule has 1 aromatic carbocycles. The van der Waals surface area contributed by atoms with Crippen molar-refractivity contribution in [2.75, 3.05) is 26.3 Å². The van der Waals surface area contributed by atoms with E-state index < -0.39 is 11.6 Å². The van der Waals surface area contributed by atoms with Crippen LogP contribution in [0.15, 0.2) is 30.3 Å². The van der Waals surface area contributed by atoms with Gasteiger partial charge in [0.15, 0.2) is 0 Å². The summed E-state index contributed by atoms with van der Waals surface area (Å²) in [7, 11) is 0. The Bertz CT molecular complexity index is 789. The standard InChI is InChI=1S/C25H34F2N2O/c26-8-7-23-10-18-11-24(15-23,20-4-2-1-3-5-20)17-25(12-18,16-23)22(30)29-13-19-6-9-28-14-21(19)27/h1-5,18-19,21,28H,6-17H2,(H,29,30)/t18?,19-,21-,23+,24+,25?/m0/s1. The number of nitrogens with one attached hydrogen (secondary N) is 2. The van der Waals surface area contributed by atoms with E-state index >= 15 is 0 Å². The molecule has 6 atom stereocenters. The van der Waals surface area contributed by atoms with Gasteiger partial charge in [-0.1, -0.05) is 30.3 Å². The third kappa shape index (κ3) is 3.37. The first-order chi connectivity index (χ1) is 14.5. The second kappa shape index (κ2) is 7.58. The second-order valence-electron chi connectivity index (χ2n) is 10.9. The van der Waals surface area contributed by atoms with Crippen molar-refractivity contribution in [3.8, 4) is 0 Å². The molecule has 0 spiro atoms. The van der Waals surface area contributed by atoms with Crippen LogP contribution < -0.4 is 10.6 Å². The number of amides is 1. The Morgan fingerprint density at radius 1 is 1.13 bits per heavy atom. The van der Waals surface area contributed by atoms with E-state index in [0.717, 1.165) is 51.5 Å². The van der Waals surface area contributed by atoms with Crippen molar-refractivity contribution in [1.29, 1.82) is 0 Å². The number of carbonyl (C=O) groups is 1. The van der Waals surface area contributed by atoms with Crippen LogP contribution in [0.25, 0.3) is 0 Å². The predicted octanol–water partition coefficient (Wildman–Crippen LogP) is 4.32. The number of carbonyl (C=O) groups excluding carboxylic acids is 1. The van der Waals surface area contributed by atoms with E-state index in [9.17, 15) is 13.6 Å². The van der Waals surface area contributed by atoms with Gasteiger partial charge in [-0.05, 0) is 80.2 Å². The van der Waals surface area contributed by atoms with E-state index in [0.29, 0.717) is 25.4 Å². The molecule has 4 saturated carbocycles. The minimum absolute atomic E-state index is 0.0232. The van der Waals surface area contributed by atoms with Crippen molar-refractivity contribution < 1.29 is 13.6 Å². The molecule has 2 unspecified atom stereocenters. The summed E-state index contributed by atoms with van der Waals surface area (Å²) in [5, 5.41) is 6.25. The molecule has 4 bridgehead atoms. The van der Waals surface area contributed by atoms with E-state index in [1.54, 1.807) is 0 Å². The first kappa shape index (κ1) is 20.4. The van der Waals surface area contributed by atoms with Gasteiger partial charge in [0.2, 0.25) is 5.91 Å². The maximum Gasteiger partial charge on any atom is 0.226 e. The van der Waals surface area contributed by atoms with Crippen molar-refractivity contribution in [3.05, 3.63) is 35.9 Å². The summed E-state index contributed by atoms with van der Waals surface area (Å²) in [4.78, 5) is 13.6. The van der Waals surface area contributed by atoms with Crippen molar-refractivity contribution >= 4 is 5.91 Å². The fourth-order valence-corrected chi connectivity index (χ4v) is 8.00. The molecular weight excluding hydrogens is 382 g/mol. The van der Waals surface area contributed by atoms with Gasteiger partial charge >= 0.3 is 0 Å². The summed E-state index contributed by atoms with van der Waals surface area (Å²) in [6, 6.07) is 10.6. The normalized spacial score (nSPS) is 42.3. The highest BCUT2D eigenvalue weighted by Crippen LogP contribution is 2.71. The molecule has 4 aliphatic carbocycles. The van der Waals surface area contributed by atoms with E-state index in [4.69, 9.17) is 0 Å². The van der Waals surface area contributed by atoms with Crippen LogP contribution >= 0.6 is 0 Å². The average molecular weight is 417 g/mol. The second-order valence-corrected chi connectivity index (χ2v) is 10.9. The van der Waals surface area contributed by atoms with Gasteiger partial charge in [0, 0.05) is 19.0 Å². The van der Waals surface area contributed by atoms with Crippen LogP contribution in [-0.2, 0) is 10.2 Å². The SMILES string of the molecule is O=C(NC[C@@H]1CCNC[C@@H]1F)C12CC3C[C@@](CCF)(C1)C[C@](c1ccccc1)(C3)C2. The Balaban J connectivity index is 1.42. The van der Waals surface area contributed by atoms with Crippen LogP contribution in [0.1, 0.15) is 56.9 Å². The minimum atomic E-state index is -0.899. The first-order valence-electron chi connectivity index (χ1n) is 11.7. The lowest BCUT2D eigenvalue weighted by atomic mass is 9.38. The summed E-state index contributed by atoms with van der Waals surface area (Å²) >= 11 is 0. The maximum atomic E-state index is 14.2. The number of hydrogen-bond acceptors (Lipinski definition) is 2. The molecule has 1 amide bonds. The van der Waals surface area contributed by atoms with Crippen LogP contribution in [0.2, 0.25) is 0 Å². The number of halogens is 2. The molecule has 3 nitrogen and oxygen atoms in total. The van der Waals surface area contributed by atoms with E-state index in [-0.39, 0.29) is 29.3 Å². The van der Waals surface area contributed by atoms with E-state index in [1.807, 2.05) is 6.07 Å². The summed E-state index contributed by atoms with van der Waals surface area (Å²) in [6.07, 6.45) is 6.15. The van der Waals surface area contributed by atoms with Gasteiger partial charge in [-0.2, -0.15) is 0 Å². The molecule has 5 aliphatic rings. The Morgan fingerprint density at radius 2 is 1.97 bits per heavy atom. The van der Waals surface area contributed by atoms with Crippen LogP contribution in [-0.4, -0.2) is 38.4 Å².